The Labute approximate surface area is 119 Å². The molecule has 0 aliphatic rings. The van der Waals surface area contributed by atoms with Gasteiger partial charge in [0.15, 0.2) is 0 Å². The Morgan fingerprint density at radius 1 is 1.52 bits per heavy atom. The van der Waals surface area contributed by atoms with Crippen LogP contribution in [0, 0.1) is 10.1 Å². The number of rotatable bonds is 6. The first kappa shape index (κ1) is 16.3. The highest BCUT2D eigenvalue weighted by atomic mass is 16.6. The predicted octanol–water partition coefficient (Wildman–Crippen LogP) is 0.608. The zero-order chi connectivity index (χ0) is 16.2. The molecular weight excluding hydrogens is 282 g/mol. The van der Waals surface area contributed by atoms with Gasteiger partial charge in [-0.1, -0.05) is 6.92 Å². The van der Waals surface area contributed by atoms with E-state index >= 15 is 0 Å². The van der Waals surface area contributed by atoms with Crippen LogP contribution in [0.3, 0.4) is 0 Å². The molecule has 0 aliphatic heterocycles. The molecule has 0 radical (unpaired) electrons. The maximum Gasteiger partial charge on any atom is 0.323 e. The minimum atomic E-state index is -1.23. The summed E-state index contributed by atoms with van der Waals surface area (Å²) in [5.41, 5.74) is -1.70. The summed E-state index contributed by atoms with van der Waals surface area (Å²) < 4.78 is 0. The average molecular weight is 297 g/mol. The van der Waals surface area contributed by atoms with Crippen LogP contribution < -0.4 is 5.56 Å². The van der Waals surface area contributed by atoms with Crippen LogP contribution in [0.25, 0.3) is 0 Å². The number of carboxylic acids is 1. The summed E-state index contributed by atoms with van der Waals surface area (Å²) in [5, 5.41) is 19.5. The Balaban J connectivity index is 3.25. The van der Waals surface area contributed by atoms with Crippen molar-refractivity contribution in [2.75, 3.05) is 6.54 Å². The summed E-state index contributed by atoms with van der Waals surface area (Å²) in [6.07, 6.45) is 1.36. The molecule has 0 saturated heterocycles. The number of nitrogens with zero attached hydrogens (tertiary/aromatic N) is 2. The molecule has 2 N–H and O–H groups in total. The smallest absolute Gasteiger partial charge is 0.323 e. The van der Waals surface area contributed by atoms with E-state index in [0.717, 1.165) is 17.2 Å². The van der Waals surface area contributed by atoms with E-state index in [1.165, 1.54) is 0 Å². The molecule has 0 spiro atoms. The molecule has 0 fully saturated rings. The molecule has 1 heterocycles. The Morgan fingerprint density at radius 3 is 2.62 bits per heavy atom. The number of aromatic amines is 1. The maximum atomic E-state index is 12.3. The molecule has 9 nitrogen and oxygen atoms in total. The third-order valence-electron chi connectivity index (χ3n) is 3.02. The van der Waals surface area contributed by atoms with E-state index in [1.54, 1.807) is 13.8 Å². The van der Waals surface area contributed by atoms with Crippen LogP contribution in [0.2, 0.25) is 0 Å². The molecule has 1 aromatic heterocycles. The summed E-state index contributed by atoms with van der Waals surface area (Å²) in [6, 6.07) is 0.422. The van der Waals surface area contributed by atoms with Crippen molar-refractivity contribution >= 4 is 17.6 Å². The monoisotopic (exact) mass is 297 g/mol. The van der Waals surface area contributed by atoms with Crippen molar-refractivity contribution in [3.63, 3.8) is 0 Å². The molecule has 1 aromatic rings. The predicted molar refractivity (Wildman–Crippen MR) is 72.1 cm³/mol. The molecular formula is C12H15N3O6. The Kier molecular flexibility index (Phi) is 5.17. The highest BCUT2D eigenvalue weighted by molar-refractivity contribution is 5.96. The lowest BCUT2D eigenvalue weighted by molar-refractivity contribution is -0.385. The molecule has 1 unspecified atom stereocenters. The lowest BCUT2D eigenvalue weighted by Crippen LogP contribution is -2.43. The van der Waals surface area contributed by atoms with Crippen LogP contribution in [0.4, 0.5) is 5.69 Å². The number of carboxylic acid groups (broad SMARTS) is 1. The van der Waals surface area contributed by atoms with E-state index in [4.69, 9.17) is 5.11 Å². The van der Waals surface area contributed by atoms with Crippen LogP contribution in [-0.2, 0) is 4.79 Å². The topological polar surface area (TPSA) is 134 Å². The van der Waals surface area contributed by atoms with E-state index in [-0.39, 0.29) is 0 Å². The van der Waals surface area contributed by atoms with Gasteiger partial charge >= 0.3 is 5.97 Å². The van der Waals surface area contributed by atoms with Crippen molar-refractivity contribution in [1.29, 1.82) is 0 Å². The number of hydrogen-bond acceptors (Lipinski definition) is 5. The number of aromatic nitrogens is 1. The zero-order valence-electron chi connectivity index (χ0n) is 11.5. The van der Waals surface area contributed by atoms with Gasteiger partial charge in [0.2, 0.25) is 0 Å². The van der Waals surface area contributed by atoms with Gasteiger partial charge in [-0.15, -0.1) is 0 Å². The normalized spacial score (nSPS) is 11.7. The van der Waals surface area contributed by atoms with E-state index in [1.807, 2.05) is 0 Å². The molecule has 21 heavy (non-hydrogen) atoms. The number of carbonyl (C=O) groups excluding carboxylic acids is 1. The van der Waals surface area contributed by atoms with Gasteiger partial charge in [0.25, 0.3) is 17.2 Å². The van der Waals surface area contributed by atoms with E-state index in [0.29, 0.717) is 6.42 Å². The fourth-order valence-corrected chi connectivity index (χ4v) is 1.69. The number of nitrogens with one attached hydrogen (secondary N) is 1. The molecule has 1 amide bonds. The summed E-state index contributed by atoms with van der Waals surface area (Å²) in [7, 11) is 0. The molecule has 114 valence electrons. The van der Waals surface area contributed by atoms with Gasteiger partial charge in [0.1, 0.15) is 12.1 Å². The second kappa shape index (κ2) is 6.64. The minimum Gasteiger partial charge on any atom is -0.480 e. The molecule has 0 bridgehead atoms. The zero-order valence-corrected chi connectivity index (χ0v) is 11.5. The lowest BCUT2D eigenvalue weighted by atomic mass is 10.1. The van der Waals surface area contributed by atoms with Gasteiger partial charge in [0, 0.05) is 12.1 Å². The summed E-state index contributed by atoms with van der Waals surface area (Å²) in [4.78, 5) is 47.8. The Hall–Kier alpha value is -2.71. The number of H-pyrrole nitrogens is 1. The van der Waals surface area contributed by atoms with Gasteiger partial charge in [-0.05, 0) is 13.3 Å². The maximum absolute atomic E-state index is 12.3. The van der Waals surface area contributed by atoms with Crippen molar-refractivity contribution in [2.45, 2.75) is 26.3 Å². The summed E-state index contributed by atoms with van der Waals surface area (Å²) in [5.74, 6) is -2.08. The minimum absolute atomic E-state index is 0.424. The summed E-state index contributed by atoms with van der Waals surface area (Å²) in [6.45, 7) is 2.80. The fraction of sp³-hybridized carbons (Fsp3) is 0.417. The Bertz CT molecular complexity index is 624. The highest BCUT2D eigenvalue weighted by Gasteiger charge is 2.26. The van der Waals surface area contributed by atoms with Crippen molar-refractivity contribution < 1.29 is 19.6 Å². The first-order valence-corrected chi connectivity index (χ1v) is 6.17. The highest BCUT2D eigenvalue weighted by Crippen LogP contribution is 2.13. The number of amides is 1. The molecule has 9 heteroatoms. The van der Waals surface area contributed by atoms with Crippen LogP contribution in [-0.4, -0.2) is 44.4 Å². The van der Waals surface area contributed by atoms with Crippen LogP contribution in [0.15, 0.2) is 17.1 Å². The molecule has 1 atom stereocenters. The van der Waals surface area contributed by atoms with Crippen molar-refractivity contribution in [1.82, 2.24) is 9.88 Å². The fourth-order valence-electron chi connectivity index (χ4n) is 1.69. The molecule has 0 saturated carbocycles. The standard InChI is InChI=1S/C12H15N3O6/c1-3-7(2)14(6-10(16)17)12(19)9-4-8(15(20)21)5-13-11(9)18/h4-5,7H,3,6H2,1-2H3,(H,13,18)(H,16,17). The summed E-state index contributed by atoms with van der Waals surface area (Å²) >= 11 is 0. The van der Waals surface area contributed by atoms with E-state index in [9.17, 15) is 24.5 Å². The SMILES string of the molecule is CCC(C)N(CC(=O)O)C(=O)c1cc([N+](=O)[O-])c[nH]c1=O. The lowest BCUT2D eigenvalue weighted by Gasteiger charge is -2.26. The van der Waals surface area contributed by atoms with Gasteiger partial charge in [-0.2, -0.15) is 0 Å². The van der Waals surface area contributed by atoms with E-state index in [2.05, 4.69) is 4.98 Å². The largest absolute Gasteiger partial charge is 0.480 e. The number of hydrogen-bond donors (Lipinski definition) is 2. The van der Waals surface area contributed by atoms with Gasteiger partial charge in [-0.3, -0.25) is 24.5 Å². The van der Waals surface area contributed by atoms with Crippen molar-refractivity contribution in [3.05, 3.63) is 38.3 Å². The molecule has 1 rings (SSSR count). The Morgan fingerprint density at radius 2 is 2.14 bits per heavy atom. The first-order chi connectivity index (χ1) is 9.77. The van der Waals surface area contributed by atoms with Crippen LogP contribution >= 0.6 is 0 Å². The van der Waals surface area contributed by atoms with Crippen LogP contribution in [0.5, 0.6) is 0 Å². The third kappa shape index (κ3) is 3.88. The van der Waals surface area contributed by atoms with Crippen molar-refractivity contribution in [3.8, 4) is 0 Å². The number of carbonyl (C=O) groups is 2. The second-order valence-corrected chi connectivity index (χ2v) is 4.44. The van der Waals surface area contributed by atoms with Gasteiger partial charge < -0.3 is 15.0 Å². The van der Waals surface area contributed by atoms with Crippen molar-refractivity contribution in [2.24, 2.45) is 0 Å². The average Bonchev–Trinajstić information content (AvgIpc) is 2.43. The third-order valence-corrected chi connectivity index (χ3v) is 3.02. The molecule has 0 aliphatic carbocycles. The number of pyridine rings is 1. The van der Waals surface area contributed by atoms with Crippen LogP contribution in [0.1, 0.15) is 30.6 Å². The quantitative estimate of drug-likeness (QED) is 0.583. The van der Waals surface area contributed by atoms with Gasteiger partial charge in [0.05, 0.1) is 11.1 Å². The number of aliphatic carboxylic acids is 1. The first-order valence-electron chi connectivity index (χ1n) is 6.17. The van der Waals surface area contributed by atoms with E-state index < -0.39 is 46.2 Å². The second-order valence-electron chi connectivity index (χ2n) is 4.44. The number of nitro groups is 1. The van der Waals surface area contributed by atoms with Gasteiger partial charge in [-0.25, -0.2) is 0 Å². The molecule has 0 aromatic carbocycles.